The van der Waals surface area contributed by atoms with Crippen molar-refractivity contribution in [2.45, 2.75) is 13.8 Å². The highest BCUT2D eigenvalue weighted by molar-refractivity contribution is 6.32. The van der Waals surface area contributed by atoms with E-state index in [1.54, 1.807) is 13.8 Å². The van der Waals surface area contributed by atoms with Crippen LogP contribution in [0.15, 0.2) is 29.3 Å². The topological polar surface area (TPSA) is 90.1 Å². The average molecular weight is 320 g/mol. The van der Waals surface area contributed by atoms with Gasteiger partial charge in [-0.05, 0) is 49.2 Å². The van der Waals surface area contributed by atoms with Gasteiger partial charge in [-0.25, -0.2) is 4.79 Å². The number of aromatic carboxylic acids is 1. The Labute approximate surface area is 132 Å². The second-order valence-electron chi connectivity index (χ2n) is 4.83. The first-order valence-electron chi connectivity index (χ1n) is 6.40. The van der Waals surface area contributed by atoms with E-state index in [4.69, 9.17) is 16.7 Å². The molecule has 0 saturated heterocycles. The fraction of sp³-hybridized carbons (Fsp3) is 0.125. The van der Waals surface area contributed by atoms with Crippen LogP contribution < -0.4 is 0 Å². The summed E-state index contributed by atoms with van der Waals surface area (Å²) in [5.41, 5.74) is 2.00. The molecule has 0 saturated carbocycles. The predicted molar refractivity (Wildman–Crippen MR) is 84.9 cm³/mol. The van der Waals surface area contributed by atoms with Crippen LogP contribution in [-0.2, 0) is 0 Å². The first-order chi connectivity index (χ1) is 10.3. The molecule has 0 heterocycles. The van der Waals surface area contributed by atoms with Crippen LogP contribution in [0.1, 0.15) is 27.0 Å². The molecule has 0 aliphatic rings. The molecule has 0 amide bonds. The molecule has 0 spiro atoms. The molecule has 0 unspecified atom stereocenters. The Bertz CT molecular complexity index is 784. The van der Waals surface area contributed by atoms with E-state index < -0.39 is 5.97 Å². The first kappa shape index (κ1) is 15.9. The molecule has 0 radical (unpaired) electrons. The summed E-state index contributed by atoms with van der Waals surface area (Å²) in [6.07, 6.45) is 1.41. The molecule has 0 aliphatic carbocycles. The number of hydrogen-bond acceptors (Lipinski definition) is 4. The summed E-state index contributed by atoms with van der Waals surface area (Å²) < 4.78 is 0. The van der Waals surface area contributed by atoms with E-state index in [2.05, 4.69) is 4.99 Å². The second kappa shape index (κ2) is 6.07. The molecule has 0 aromatic heterocycles. The number of aromatic hydroxyl groups is 2. The molecule has 0 atom stereocenters. The normalized spacial score (nSPS) is 11.0. The standard InChI is InChI=1S/C16H14ClNO4/c1-8-5-14(20)12(9(2)15(8)17)7-18-10-3-4-13(19)11(6-10)16(21)22/h3-7,19-20H,1-2H3,(H,21,22). The van der Waals surface area contributed by atoms with Gasteiger partial charge in [0, 0.05) is 16.8 Å². The van der Waals surface area contributed by atoms with Gasteiger partial charge in [0.05, 0.1) is 5.69 Å². The Morgan fingerprint density at radius 2 is 1.86 bits per heavy atom. The molecule has 22 heavy (non-hydrogen) atoms. The molecule has 0 aliphatic heterocycles. The zero-order valence-corrected chi connectivity index (χ0v) is 12.7. The van der Waals surface area contributed by atoms with E-state index in [9.17, 15) is 15.0 Å². The minimum Gasteiger partial charge on any atom is -0.507 e. The fourth-order valence-electron chi connectivity index (χ4n) is 2.03. The van der Waals surface area contributed by atoms with Crippen molar-refractivity contribution in [3.63, 3.8) is 0 Å². The molecule has 114 valence electrons. The van der Waals surface area contributed by atoms with Gasteiger partial charge in [0.25, 0.3) is 0 Å². The summed E-state index contributed by atoms with van der Waals surface area (Å²) in [4.78, 5) is 15.1. The van der Waals surface area contributed by atoms with E-state index in [-0.39, 0.29) is 17.1 Å². The molecule has 0 fully saturated rings. The number of nitrogens with zero attached hydrogens (tertiary/aromatic N) is 1. The van der Waals surface area contributed by atoms with Gasteiger partial charge in [-0.2, -0.15) is 0 Å². The number of aryl methyl sites for hydroxylation is 1. The van der Waals surface area contributed by atoms with Crippen molar-refractivity contribution in [1.82, 2.24) is 0 Å². The number of aliphatic imine (C=N–C) groups is 1. The van der Waals surface area contributed by atoms with Crippen molar-refractivity contribution >= 4 is 29.5 Å². The number of phenolic OH excluding ortho intramolecular Hbond substituents is 1. The smallest absolute Gasteiger partial charge is 0.339 e. The summed E-state index contributed by atoms with van der Waals surface area (Å²) in [7, 11) is 0. The van der Waals surface area contributed by atoms with Gasteiger partial charge >= 0.3 is 5.97 Å². The van der Waals surface area contributed by atoms with E-state index >= 15 is 0 Å². The van der Waals surface area contributed by atoms with E-state index in [0.717, 1.165) is 5.56 Å². The Kier molecular flexibility index (Phi) is 4.37. The van der Waals surface area contributed by atoms with E-state index in [1.807, 2.05) is 0 Å². The summed E-state index contributed by atoms with van der Waals surface area (Å²) in [6.45, 7) is 3.55. The van der Waals surface area contributed by atoms with Gasteiger partial charge < -0.3 is 15.3 Å². The molecule has 2 rings (SSSR count). The summed E-state index contributed by atoms with van der Waals surface area (Å²) in [6, 6.07) is 5.51. The highest BCUT2D eigenvalue weighted by Crippen LogP contribution is 2.30. The van der Waals surface area contributed by atoms with E-state index in [0.29, 0.717) is 21.8 Å². The van der Waals surface area contributed by atoms with Gasteiger partial charge in [0.2, 0.25) is 0 Å². The second-order valence-corrected chi connectivity index (χ2v) is 5.21. The summed E-state index contributed by atoms with van der Waals surface area (Å²) >= 11 is 6.14. The lowest BCUT2D eigenvalue weighted by Gasteiger charge is -2.08. The highest BCUT2D eigenvalue weighted by atomic mass is 35.5. The largest absolute Gasteiger partial charge is 0.507 e. The van der Waals surface area contributed by atoms with Crippen LogP contribution in [0, 0.1) is 13.8 Å². The van der Waals surface area contributed by atoms with Crippen LogP contribution in [0.5, 0.6) is 11.5 Å². The van der Waals surface area contributed by atoms with Crippen LogP contribution in [-0.4, -0.2) is 27.5 Å². The third kappa shape index (κ3) is 3.04. The monoisotopic (exact) mass is 319 g/mol. The van der Waals surface area contributed by atoms with Crippen molar-refractivity contribution in [3.05, 3.63) is 51.5 Å². The lowest BCUT2D eigenvalue weighted by molar-refractivity contribution is 0.0694. The number of benzene rings is 2. The van der Waals surface area contributed by atoms with Crippen LogP contribution in [0.3, 0.4) is 0 Å². The number of rotatable bonds is 3. The SMILES string of the molecule is Cc1cc(O)c(C=Nc2ccc(O)c(C(=O)O)c2)c(C)c1Cl. The van der Waals surface area contributed by atoms with Crippen molar-refractivity contribution in [1.29, 1.82) is 0 Å². The van der Waals surface area contributed by atoms with Crippen LogP contribution in [0.2, 0.25) is 5.02 Å². The lowest BCUT2D eigenvalue weighted by Crippen LogP contribution is -1.96. The number of halogens is 1. The molecular weight excluding hydrogens is 306 g/mol. The molecule has 5 nitrogen and oxygen atoms in total. The van der Waals surface area contributed by atoms with Crippen molar-refractivity contribution in [3.8, 4) is 11.5 Å². The van der Waals surface area contributed by atoms with Crippen LogP contribution in [0.4, 0.5) is 5.69 Å². The molecule has 3 N–H and O–H groups in total. The number of carboxylic acid groups (broad SMARTS) is 1. The van der Waals surface area contributed by atoms with Crippen molar-refractivity contribution in [2.24, 2.45) is 4.99 Å². The third-order valence-electron chi connectivity index (χ3n) is 3.26. The average Bonchev–Trinajstić information content (AvgIpc) is 2.46. The fourth-order valence-corrected chi connectivity index (χ4v) is 2.19. The van der Waals surface area contributed by atoms with Crippen molar-refractivity contribution < 1.29 is 20.1 Å². The molecule has 2 aromatic carbocycles. The van der Waals surface area contributed by atoms with Gasteiger partial charge in [-0.15, -0.1) is 0 Å². The maximum absolute atomic E-state index is 11.0. The Hall–Kier alpha value is -2.53. The zero-order valence-electron chi connectivity index (χ0n) is 12.0. The number of phenols is 2. The third-order valence-corrected chi connectivity index (χ3v) is 3.84. The molecular formula is C16H14ClNO4. The minimum atomic E-state index is -1.24. The highest BCUT2D eigenvalue weighted by Gasteiger charge is 2.11. The van der Waals surface area contributed by atoms with Gasteiger partial charge in [-0.1, -0.05) is 11.6 Å². The zero-order chi connectivity index (χ0) is 16.4. The van der Waals surface area contributed by atoms with E-state index in [1.165, 1.54) is 30.5 Å². The first-order valence-corrected chi connectivity index (χ1v) is 6.78. The van der Waals surface area contributed by atoms with Gasteiger partial charge in [0.15, 0.2) is 0 Å². The number of hydrogen-bond donors (Lipinski definition) is 3. The summed E-state index contributed by atoms with van der Waals surface area (Å²) in [5, 5.41) is 28.9. The molecule has 2 aromatic rings. The Morgan fingerprint density at radius 1 is 1.18 bits per heavy atom. The summed E-state index contributed by atoms with van der Waals surface area (Å²) in [5.74, 6) is -1.53. The van der Waals surface area contributed by atoms with Gasteiger partial charge in [0.1, 0.15) is 17.1 Å². The molecule has 6 heteroatoms. The Balaban J connectivity index is 2.44. The van der Waals surface area contributed by atoms with Crippen LogP contribution >= 0.6 is 11.6 Å². The maximum Gasteiger partial charge on any atom is 0.339 e. The molecule has 0 bridgehead atoms. The number of carboxylic acids is 1. The Morgan fingerprint density at radius 3 is 2.50 bits per heavy atom. The minimum absolute atomic E-state index is 0.0420. The van der Waals surface area contributed by atoms with Crippen molar-refractivity contribution in [2.75, 3.05) is 0 Å². The predicted octanol–water partition coefficient (Wildman–Crippen LogP) is 3.82. The van der Waals surface area contributed by atoms with Crippen LogP contribution in [0.25, 0.3) is 0 Å². The van der Waals surface area contributed by atoms with Gasteiger partial charge in [-0.3, -0.25) is 4.99 Å². The quantitative estimate of drug-likeness (QED) is 0.750. The lowest BCUT2D eigenvalue weighted by atomic mass is 10.0. The maximum atomic E-state index is 11.0. The number of carbonyl (C=O) groups is 1.